The molecule has 0 fully saturated rings. The van der Waals surface area contributed by atoms with Gasteiger partial charge in [-0.2, -0.15) is 0 Å². The van der Waals surface area contributed by atoms with E-state index in [-0.39, 0.29) is 5.41 Å². The molecule has 0 saturated heterocycles. The average molecular weight is 284 g/mol. The summed E-state index contributed by atoms with van der Waals surface area (Å²) in [5.41, 5.74) is 2.87. The van der Waals surface area contributed by atoms with Crippen LogP contribution in [-0.2, 0) is 16.7 Å². The van der Waals surface area contributed by atoms with E-state index in [9.17, 15) is 0 Å². The standard InChI is InChI=1S/C16H26ClNO/c1-16(2,3)14-7-5-13(6-8-14)11-18-15(9-10-17)12-19-4/h5-8,15,18H,9-12H2,1-4H3. The van der Waals surface area contributed by atoms with E-state index >= 15 is 0 Å². The van der Waals surface area contributed by atoms with E-state index in [1.165, 1.54) is 11.1 Å². The molecule has 2 nitrogen and oxygen atoms in total. The molecule has 0 radical (unpaired) electrons. The van der Waals surface area contributed by atoms with E-state index < -0.39 is 0 Å². The first-order valence-electron chi connectivity index (χ1n) is 6.85. The summed E-state index contributed by atoms with van der Waals surface area (Å²) in [4.78, 5) is 0. The van der Waals surface area contributed by atoms with Crippen LogP contribution in [-0.4, -0.2) is 25.6 Å². The largest absolute Gasteiger partial charge is 0.383 e. The number of hydrogen-bond acceptors (Lipinski definition) is 2. The topological polar surface area (TPSA) is 21.3 Å². The van der Waals surface area contributed by atoms with Crippen molar-refractivity contribution in [1.82, 2.24) is 5.32 Å². The summed E-state index contributed by atoms with van der Waals surface area (Å²) in [6, 6.07) is 9.13. The normalized spacial score (nSPS) is 13.5. The lowest BCUT2D eigenvalue weighted by Gasteiger charge is -2.20. The van der Waals surface area contributed by atoms with Crippen LogP contribution in [0.25, 0.3) is 0 Å². The summed E-state index contributed by atoms with van der Waals surface area (Å²) in [5, 5.41) is 3.49. The molecule has 0 aromatic heterocycles. The van der Waals surface area contributed by atoms with Gasteiger partial charge in [0.05, 0.1) is 6.61 Å². The smallest absolute Gasteiger partial charge is 0.0616 e. The molecule has 0 bridgehead atoms. The van der Waals surface area contributed by atoms with Crippen LogP contribution < -0.4 is 5.32 Å². The third-order valence-corrected chi connectivity index (χ3v) is 3.46. The maximum atomic E-state index is 5.79. The van der Waals surface area contributed by atoms with Crippen molar-refractivity contribution in [2.75, 3.05) is 19.6 Å². The molecule has 1 N–H and O–H groups in total. The minimum Gasteiger partial charge on any atom is -0.383 e. The van der Waals surface area contributed by atoms with Gasteiger partial charge in [0.2, 0.25) is 0 Å². The van der Waals surface area contributed by atoms with Crippen LogP contribution in [0.15, 0.2) is 24.3 Å². The number of halogens is 1. The molecule has 0 saturated carbocycles. The molecule has 108 valence electrons. The zero-order valence-corrected chi connectivity index (χ0v) is 13.3. The fourth-order valence-corrected chi connectivity index (χ4v) is 2.23. The minimum atomic E-state index is 0.211. The Hall–Kier alpha value is -0.570. The molecule has 0 spiro atoms. The Morgan fingerprint density at radius 1 is 1.21 bits per heavy atom. The Morgan fingerprint density at radius 3 is 2.32 bits per heavy atom. The van der Waals surface area contributed by atoms with Gasteiger partial charge in [-0.1, -0.05) is 45.0 Å². The van der Waals surface area contributed by atoms with E-state index in [4.69, 9.17) is 16.3 Å². The van der Waals surface area contributed by atoms with Gasteiger partial charge < -0.3 is 10.1 Å². The number of methoxy groups -OCH3 is 1. The number of alkyl halides is 1. The Morgan fingerprint density at radius 2 is 1.84 bits per heavy atom. The van der Waals surface area contributed by atoms with Crippen molar-refractivity contribution in [2.45, 2.75) is 45.2 Å². The fourth-order valence-electron chi connectivity index (χ4n) is 1.96. The second-order valence-electron chi connectivity index (χ2n) is 5.96. The van der Waals surface area contributed by atoms with Crippen molar-refractivity contribution in [2.24, 2.45) is 0 Å². The highest BCUT2D eigenvalue weighted by Gasteiger charge is 2.13. The van der Waals surface area contributed by atoms with Crippen molar-refractivity contribution in [3.63, 3.8) is 0 Å². The number of ether oxygens (including phenoxy) is 1. The first-order valence-corrected chi connectivity index (χ1v) is 7.38. The molecule has 1 aromatic carbocycles. The lowest BCUT2D eigenvalue weighted by atomic mass is 9.87. The summed E-state index contributed by atoms with van der Waals surface area (Å²) in [6.07, 6.45) is 0.926. The highest BCUT2D eigenvalue weighted by Crippen LogP contribution is 2.22. The first-order chi connectivity index (χ1) is 8.97. The van der Waals surface area contributed by atoms with Gasteiger partial charge in [0.1, 0.15) is 0 Å². The summed E-state index contributed by atoms with van der Waals surface area (Å²) in [5.74, 6) is 0.657. The zero-order chi connectivity index (χ0) is 14.3. The lowest BCUT2D eigenvalue weighted by molar-refractivity contribution is 0.164. The fraction of sp³-hybridized carbons (Fsp3) is 0.625. The van der Waals surface area contributed by atoms with Gasteiger partial charge in [0, 0.05) is 25.6 Å². The Labute approximate surface area is 122 Å². The number of nitrogens with one attached hydrogen (secondary N) is 1. The van der Waals surface area contributed by atoms with Crippen molar-refractivity contribution in [3.8, 4) is 0 Å². The molecule has 3 heteroatoms. The summed E-state index contributed by atoms with van der Waals surface area (Å²) in [7, 11) is 1.72. The van der Waals surface area contributed by atoms with E-state index in [0.29, 0.717) is 18.5 Å². The van der Waals surface area contributed by atoms with Crippen LogP contribution in [0, 0.1) is 0 Å². The third-order valence-electron chi connectivity index (χ3n) is 3.24. The minimum absolute atomic E-state index is 0.211. The van der Waals surface area contributed by atoms with Crippen molar-refractivity contribution < 1.29 is 4.74 Å². The molecule has 0 amide bonds. The second kappa shape index (κ2) is 7.88. The highest BCUT2D eigenvalue weighted by atomic mass is 35.5. The Balaban J connectivity index is 2.53. The van der Waals surface area contributed by atoms with E-state index in [2.05, 4.69) is 50.4 Å². The Bertz CT molecular complexity index is 350. The van der Waals surface area contributed by atoms with Crippen LogP contribution in [0.1, 0.15) is 38.3 Å². The zero-order valence-electron chi connectivity index (χ0n) is 12.5. The van der Waals surface area contributed by atoms with Gasteiger partial charge in [-0.25, -0.2) is 0 Å². The van der Waals surface area contributed by atoms with Gasteiger partial charge in [0.25, 0.3) is 0 Å². The third kappa shape index (κ3) is 5.94. The molecule has 1 unspecified atom stereocenters. The van der Waals surface area contributed by atoms with Gasteiger partial charge in [0.15, 0.2) is 0 Å². The van der Waals surface area contributed by atoms with E-state index in [0.717, 1.165) is 13.0 Å². The maximum absolute atomic E-state index is 5.79. The van der Waals surface area contributed by atoms with Gasteiger partial charge >= 0.3 is 0 Å². The van der Waals surface area contributed by atoms with Gasteiger partial charge in [-0.3, -0.25) is 0 Å². The molecular formula is C16H26ClNO. The molecule has 0 aliphatic rings. The average Bonchev–Trinajstić information content (AvgIpc) is 2.36. The van der Waals surface area contributed by atoms with Gasteiger partial charge in [-0.15, -0.1) is 11.6 Å². The van der Waals surface area contributed by atoms with Crippen LogP contribution in [0.4, 0.5) is 0 Å². The van der Waals surface area contributed by atoms with Crippen molar-refractivity contribution >= 4 is 11.6 Å². The van der Waals surface area contributed by atoms with Crippen molar-refractivity contribution in [1.29, 1.82) is 0 Å². The van der Waals surface area contributed by atoms with E-state index in [1.807, 2.05) is 0 Å². The molecule has 1 rings (SSSR count). The van der Waals surface area contributed by atoms with Crippen LogP contribution in [0.3, 0.4) is 0 Å². The summed E-state index contributed by atoms with van der Waals surface area (Å²) >= 11 is 5.79. The van der Waals surface area contributed by atoms with Crippen LogP contribution in [0.2, 0.25) is 0 Å². The highest BCUT2D eigenvalue weighted by molar-refractivity contribution is 6.17. The number of rotatable bonds is 7. The first kappa shape index (κ1) is 16.5. The molecule has 1 aromatic rings. The number of benzene rings is 1. The molecule has 0 aliphatic carbocycles. The van der Waals surface area contributed by atoms with Gasteiger partial charge in [-0.05, 0) is 23.0 Å². The Kier molecular flexibility index (Phi) is 6.84. The molecule has 0 aliphatic heterocycles. The predicted molar refractivity (Wildman–Crippen MR) is 83.0 cm³/mol. The summed E-state index contributed by atoms with van der Waals surface area (Å²) in [6.45, 7) is 8.25. The maximum Gasteiger partial charge on any atom is 0.0616 e. The molecular weight excluding hydrogens is 258 g/mol. The van der Waals surface area contributed by atoms with Crippen molar-refractivity contribution in [3.05, 3.63) is 35.4 Å². The summed E-state index contributed by atoms with van der Waals surface area (Å²) < 4.78 is 5.19. The SMILES string of the molecule is COCC(CCCl)NCc1ccc(C(C)(C)C)cc1. The quantitative estimate of drug-likeness (QED) is 0.770. The molecule has 0 heterocycles. The monoisotopic (exact) mass is 283 g/mol. The lowest BCUT2D eigenvalue weighted by Crippen LogP contribution is -2.33. The van der Waals surface area contributed by atoms with Crippen LogP contribution >= 0.6 is 11.6 Å². The second-order valence-corrected chi connectivity index (χ2v) is 6.34. The number of hydrogen-bond donors (Lipinski definition) is 1. The molecule has 19 heavy (non-hydrogen) atoms. The molecule has 1 atom stereocenters. The van der Waals surface area contributed by atoms with E-state index in [1.54, 1.807) is 7.11 Å². The van der Waals surface area contributed by atoms with Crippen LogP contribution in [0.5, 0.6) is 0 Å². The predicted octanol–water partition coefficient (Wildman–Crippen LogP) is 3.72.